The van der Waals surface area contributed by atoms with Crippen molar-refractivity contribution in [2.75, 3.05) is 0 Å². The molecule has 0 amide bonds. The highest BCUT2D eigenvalue weighted by Crippen LogP contribution is 2.36. The maximum atomic E-state index is 5.65. The fraction of sp³-hybridized carbons (Fsp3) is 0. The molecular weight excluding hydrogens is 945 g/mol. The maximum Gasteiger partial charge on any atom is 0.221 e. The first-order valence-electron chi connectivity index (χ1n) is 25.8. The summed E-state index contributed by atoms with van der Waals surface area (Å²) in [7, 11) is -3.02. The average Bonchev–Trinajstić information content (AvgIpc) is 4.36. The van der Waals surface area contributed by atoms with Crippen molar-refractivity contribution in [1.82, 2.24) is 37.5 Å². The number of rotatable bonds is 8. The summed E-state index contributed by atoms with van der Waals surface area (Å²) in [6.07, 6.45) is 0. The van der Waals surface area contributed by atoms with Crippen molar-refractivity contribution >= 4 is 106 Å². The fourth-order valence-electron chi connectivity index (χ4n) is 12.4. The predicted molar refractivity (Wildman–Crippen MR) is 314 cm³/mol. The Hall–Kier alpha value is -10.1. The summed E-state index contributed by atoms with van der Waals surface area (Å²) in [6, 6.07) is 96.9. The van der Waals surface area contributed by atoms with Gasteiger partial charge in [-0.3, -0.25) is 17.9 Å². The molecule has 6 heterocycles. The molecule has 356 valence electrons. The Balaban J connectivity index is 0.941. The lowest BCUT2D eigenvalue weighted by atomic mass is 10.1. The van der Waals surface area contributed by atoms with Crippen molar-refractivity contribution in [3.8, 4) is 28.5 Å². The lowest BCUT2D eigenvalue weighted by Crippen LogP contribution is -2.74. The van der Waals surface area contributed by atoms with Gasteiger partial charge in [-0.15, -0.1) is 0 Å². The normalized spacial score (nSPS) is 12.2. The van der Waals surface area contributed by atoms with Gasteiger partial charge in [0, 0.05) is 16.5 Å². The van der Waals surface area contributed by atoms with Crippen LogP contribution in [-0.2, 0) is 0 Å². The largest absolute Gasteiger partial charge is 0.309 e. The Kier molecular flexibility index (Phi) is 9.19. The fourth-order valence-corrected chi connectivity index (χ4v) is 17.2. The second kappa shape index (κ2) is 16.5. The number of aromatic nitrogens is 8. The molecule has 0 aliphatic heterocycles. The highest BCUT2D eigenvalue weighted by atomic mass is 28.3. The summed E-state index contributed by atoms with van der Waals surface area (Å²) >= 11 is 0. The summed E-state index contributed by atoms with van der Waals surface area (Å²) in [5.41, 5.74) is 13.7. The third kappa shape index (κ3) is 6.08. The van der Waals surface area contributed by atoms with Crippen molar-refractivity contribution in [1.29, 1.82) is 0 Å². The molecule has 0 fully saturated rings. The Morgan fingerprint density at radius 3 is 1.18 bits per heavy atom. The topological polar surface area (TPSA) is 62.3 Å². The van der Waals surface area contributed by atoms with Gasteiger partial charge in [0.2, 0.25) is 11.6 Å². The van der Waals surface area contributed by atoms with Crippen LogP contribution in [0.25, 0.3) is 106 Å². The zero-order chi connectivity index (χ0) is 49.9. The van der Waals surface area contributed by atoms with Crippen LogP contribution >= 0.6 is 0 Å². The number of hydrogen-bond acceptors (Lipinski definition) is 3. The predicted octanol–water partition coefficient (Wildman–Crippen LogP) is 12.7. The van der Waals surface area contributed by atoms with Gasteiger partial charge in [-0.1, -0.05) is 182 Å². The molecule has 0 aliphatic carbocycles. The molecule has 0 unspecified atom stereocenters. The monoisotopic (exact) mass is 988 g/mol. The van der Waals surface area contributed by atoms with Crippen LogP contribution in [0.5, 0.6) is 0 Å². The molecule has 0 saturated heterocycles. The van der Waals surface area contributed by atoms with Gasteiger partial charge < -0.3 is 4.57 Å². The number of benzene rings is 10. The second-order valence-corrected chi connectivity index (χ2v) is 23.5. The van der Waals surface area contributed by atoms with Crippen LogP contribution in [0.15, 0.2) is 267 Å². The molecule has 0 bridgehead atoms. The average molecular weight is 989 g/mol. The van der Waals surface area contributed by atoms with Crippen LogP contribution in [0, 0.1) is 0 Å². The van der Waals surface area contributed by atoms with Gasteiger partial charge >= 0.3 is 0 Å². The first-order valence-corrected chi connectivity index (χ1v) is 27.8. The van der Waals surface area contributed by atoms with Crippen LogP contribution < -0.4 is 20.7 Å². The molecule has 10 aromatic carbocycles. The number of hydrogen-bond donors (Lipinski definition) is 0. The minimum Gasteiger partial charge on any atom is -0.309 e. The molecule has 8 nitrogen and oxygen atoms in total. The van der Waals surface area contributed by atoms with Crippen LogP contribution in [0.4, 0.5) is 0 Å². The van der Waals surface area contributed by atoms with E-state index in [1.54, 1.807) is 0 Å². The maximum absolute atomic E-state index is 5.65. The third-order valence-electron chi connectivity index (χ3n) is 15.7. The molecule has 9 heteroatoms. The summed E-state index contributed by atoms with van der Waals surface area (Å²) in [4.78, 5) is 16.2. The van der Waals surface area contributed by atoms with Gasteiger partial charge in [0.05, 0.1) is 55.2 Å². The Bertz CT molecular complexity index is 4690. The van der Waals surface area contributed by atoms with Crippen LogP contribution in [-0.4, -0.2) is 45.5 Å². The van der Waals surface area contributed by atoms with Gasteiger partial charge in [-0.2, -0.15) is 0 Å². The highest BCUT2D eigenvalue weighted by Gasteiger charge is 2.42. The van der Waals surface area contributed by atoms with Crippen LogP contribution in [0.1, 0.15) is 0 Å². The van der Waals surface area contributed by atoms with E-state index in [0.29, 0.717) is 0 Å². The zero-order valence-corrected chi connectivity index (χ0v) is 42.0. The Morgan fingerprint density at radius 1 is 0.263 bits per heavy atom. The second-order valence-electron chi connectivity index (χ2n) is 19.7. The number of fused-ring (bicyclic) bond motifs is 13. The van der Waals surface area contributed by atoms with Gasteiger partial charge in [-0.25, -0.2) is 15.0 Å². The standard InChI is InChI=1S/C67H44N8Si/c1-3-21-48(22-4-1)76(49-23-5-2-6-24-49,51-25-19-20-47(44-51)71-56-30-11-7-26-52(56)53-27-8-12-31-57(53)71)50-40-38-45(39-41-50)46-42-64(74-62-36-17-15-34-60(62)72-58-32-13-9-28-54(58)68-66(72)74)70-65(43-46)75-63-37-18-16-35-61(63)73-59-33-14-10-29-55(59)69-67(73)75/h1-44H. The molecular formula is C67H44N8Si. The van der Waals surface area contributed by atoms with Gasteiger partial charge in [0.25, 0.3) is 0 Å². The van der Waals surface area contributed by atoms with E-state index in [1.165, 1.54) is 42.6 Å². The van der Waals surface area contributed by atoms with Gasteiger partial charge in [0.15, 0.2) is 8.07 Å². The molecule has 16 rings (SSSR count). The molecule has 0 atom stereocenters. The quantitative estimate of drug-likeness (QED) is 0.113. The lowest BCUT2D eigenvalue weighted by Gasteiger charge is -2.35. The molecule has 16 aromatic rings. The number of nitrogens with zero attached hydrogens (tertiary/aromatic N) is 8. The Morgan fingerprint density at radius 2 is 0.671 bits per heavy atom. The van der Waals surface area contributed by atoms with Crippen molar-refractivity contribution in [2.24, 2.45) is 0 Å². The van der Waals surface area contributed by atoms with Crippen molar-refractivity contribution in [3.05, 3.63) is 267 Å². The minimum atomic E-state index is -3.02. The summed E-state index contributed by atoms with van der Waals surface area (Å²) < 4.78 is 11.4. The zero-order valence-electron chi connectivity index (χ0n) is 41.0. The number of pyridine rings is 1. The molecule has 76 heavy (non-hydrogen) atoms. The van der Waals surface area contributed by atoms with Crippen LogP contribution in [0.2, 0.25) is 0 Å². The Labute approximate surface area is 436 Å². The molecule has 6 aromatic heterocycles. The van der Waals surface area contributed by atoms with E-state index < -0.39 is 8.07 Å². The van der Waals surface area contributed by atoms with E-state index >= 15 is 0 Å². The molecule has 0 aliphatic rings. The van der Waals surface area contributed by atoms with Gasteiger partial charge in [0.1, 0.15) is 11.6 Å². The van der Waals surface area contributed by atoms with Crippen molar-refractivity contribution < 1.29 is 0 Å². The molecule has 0 radical (unpaired) electrons. The summed E-state index contributed by atoms with van der Waals surface area (Å²) in [5, 5.41) is 7.71. The number of para-hydroxylation sites is 10. The van der Waals surface area contributed by atoms with E-state index in [0.717, 1.165) is 84.1 Å². The molecule has 0 N–H and O–H groups in total. The van der Waals surface area contributed by atoms with E-state index in [2.05, 4.69) is 289 Å². The van der Waals surface area contributed by atoms with Crippen LogP contribution in [0.3, 0.4) is 0 Å². The van der Waals surface area contributed by atoms with Crippen molar-refractivity contribution in [2.45, 2.75) is 0 Å². The minimum absolute atomic E-state index is 0.754. The van der Waals surface area contributed by atoms with E-state index in [1.807, 2.05) is 0 Å². The SMILES string of the molecule is c1ccc([Si](c2ccccc2)(c2ccc(-c3cc(-n4c5ccccc5n5c6ccccc6nc45)nc(-n4c5ccccc5n5c6ccccc6nc45)c3)cc2)c2cccc(-n3c4ccccc4c4ccccc43)c2)cc1. The third-order valence-corrected chi connectivity index (χ3v) is 20.4. The lowest BCUT2D eigenvalue weighted by molar-refractivity contribution is 0.983. The van der Waals surface area contributed by atoms with E-state index in [-0.39, 0.29) is 0 Å². The van der Waals surface area contributed by atoms with Crippen molar-refractivity contribution in [3.63, 3.8) is 0 Å². The first kappa shape index (κ1) is 42.4. The molecule has 0 spiro atoms. The summed E-state index contributed by atoms with van der Waals surface area (Å²) in [6.45, 7) is 0. The van der Waals surface area contributed by atoms with E-state index in [9.17, 15) is 0 Å². The highest BCUT2D eigenvalue weighted by molar-refractivity contribution is 7.19. The smallest absolute Gasteiger partial charge is 0.221 e. The van der Waals surface area contributed by atoms with Gasteiger partial charge in [-0.05, 0) is 117 Å². The van der Waals surface area contributed by atoms with E-state index in [4.69, 9.17) is 15.0 Å². The number of imidazole rings is 4. The first-order chi connectivity index (χ1) is 37.7. The summed E-state index contributed by atoms with van der Waals surface area (Å²) in [5.74, 6) is 3.10. The molecule has 0 saturated carbocycles.